The van der Waals surface area contributed by atoms with Gasteiger partial charge in [-0.1, -0.05) is 37.3 Å². The van der Waals surface area contributed by atoms with Gasteiger partial charge in [0, 0.05) is 5.56 Å². The summed E-state index contributed by atoms with van der Waals surface area (Å²) in [4.78, 5) is 24.6. The van der Waals surface area contributed by atoms with E-state index in [2.05, 4.69) is 10.6 Å². The number of hydrogen-bond donors (Lipinski definition) is 3. The second kappa shape index (κ2) is 9.23. The number of hydrogen-bond acceptors (Lipinski definition) is 4. The molecular formula is C21H26N3O4+. The number of urea groups is 1. The molecule has 1 aliphatic heterocycles. The quantitative estimate of drug-likeness (QED) is 0.605. The molecule has 3 rings (SSSR count). The number of ether oxygens (including phenoxy) is 1. The molecule has 7 heteroatoms. The summed E-state index contributed by atoms with van der Waals surface area (Å²) in [6, 6.07) is 13.0. The van der Waals surface area contributed by atoms with Crippen molar-refractivity contribution in [3.8, 4) is 0 Å². The highest BCUT2D eigenvalue weighted by Gasteiger charge is 2.33. The lowest BCUT2D eigenvalue weighted by Gasteiger charge is -2.28. The van der Waals surface area contributed by atoms with Gasteiger partial charge in [-0.05, 0) is 25.5 Å². The molecule has 0 unspecified atom stereocenters. The molecule has 2 amide bonds. The number of quaternary nitrogens is 1. The van der Waals surface area contributed by atoms with E-state index in [9.17, 15) is 9.59 Å². The first kappa shape index (κ1) is 19.7. The molecule has 7 nitrogen and oxygen atoms in total. The second-order valence-corrected chi connectivity index (χ2v) is 6.52. The smallest absolute Gasteiger partial charge is 0.338 e. The Morgan fingerprint density at radius 1 is 1.21 bits per heavy atom. The lowest BCUT2D eigenvalue weighted by Crippen LogP contribution is -2.86. The molecule has 0 aliphatic carbocycles. The van der Waals surface area contributed by atoms with Crippen molar-refractivity contribution in [2.24, 2.45) is 0 Å². The molecule has 0 saturated carbocycles. The van der Waals surface area contributed by atoms with Crippen LogP contribution in [0.4, 0.5) is 4.79 Å². The zero-order valence-corrected chi connectivity index (χ0v) is 16.1. The minimum atomic E-state index is -0.403. The minimum Gasteiger partial charge on any atom is -0.463 e. The molecular weight excluding hydrogens is 358 g/mol. The Kier molecular flexibility index (Phi) is 6.49. The van der Waals surface area contributed by atoms with Crippen LogP contribution in [0.25, 0.3) is 0 Å². The van der Waals surface area contributed by atoms with E-state index >= 15 is 0 Å². The van der Waals surface area contributed by atoms with E-state index in [0.717, 1.165) is 11.3 Å². The number of benzene rings is 1. The zero-order chi connectivity index (χ0) is 19.9. The van der Waals surface area contributed by atoms with Crippen LogP contribution in [0.2, 0.25) is 0 Å². The maximum atomic E-state index is 12.5. The lowest BCUT2D eigenvalue weighted by atomic mass is 9.99. The molecule has 0 bridgehead atoms. The molecule has 2 atom stereocenters. The number of furan rings is 1. The van der Waals surface area contributed by atoms with Crippen LogP contribution in [-0.2, 0) is 9.53 Å². The van der Waals surface area contributed by atoms with E-state index in [0.29, 0.717) is 24.2 Å². The summed E-state index contributed by atoms with van der Waals surface area (Å²) in [5.74, 6) is 0.399. The number of rotatable bonds is 8. The van der Waals surface area contributed by atoms with E-state index in [1.54, 1.807) is 13.2 Å². The third-order valence-electron chi connectivity index (χ3n) is 4.71. The van der Waals surface area contributed by atoms with Crippen LogP contribution in [0.3, 0.4) is 0 Å². The maximum Gasteiger partial charge on any atom is 0.338 e. The van der Waals surface area contributed by atoms with Gasteiger partial charge >= 0.3 is 12.0 Å². The monoisotopic (exact) mass is 384 g/mol. The van der Waals surface area contributed by atoms with Crippen molar-refractivity contribution in [1.82, 2.24) is 10.6 Å². The van der Waals surface area contributed by atoms with Gasteiger partial charge in [0.05, 0.1) is 30.2 Å². The van der Waals surface area contributed by atoms with E-state index in [1.807, 2.05) is 54.7 Å². The SMILES string of the molecule is CCOC(=O)C1=C(C[NH2+][C@@H](c2ccccc2)c2ccco2)NC(=O)N[C@H]1CC. The maximum absolute atomic E-state index is 12.5. The number of nitrogens with one attached hydrogen (secondary N) is 2. The highest BCUT2D eigenvalue weighted by molar-refractivity contribution is 5.94. The van der Waals surface area contributed by atoms with Crippen molar-refractivity contribution in [2.45, 2.75) is 32.4 Å². The van der Waals surface area contributed by atoms with Gasteiger partial charge in [-0.25, -0.2) is 9.59 Å². The number of amides is 2. The van der Waals surface area contributed by atoms with Crippen LogP contribution < -0.4 is 16.0 Å². The first-order chi connectivity index (χ1) is 13.6. The summed E-state index contributed by atoms with van der Waals surface area (Å²) in [7, 11) is 0. The van der Waals surface area contributed by atoms with Gasteiger partial charge in [0.1, 0.15) is 6.54 Å². The fraction of sp³-hybridized carbons (Fsp3) is 0.333. The third-order valence-corrected chi connectivity index (χ3v) is 4.71. The summed E-state index contributed by atoms with van der Waals surface area (Å²) >= 11 is 0. The Morgan fingerprint density at radius 2 is 2.00 bits per heavy atom. The summed E-state index contributed by atoms with van der Waals surface area (Å²) < 4.78 is 10.8. The first-order valence-corrected chi connectivity index (χ1v) is 9.53. The summed E-state index contributed by atoms with van der Waals surface area (Å²) in [5.41, 5.74) is 2.12. The standard InChI is InChI=1S/C21H25N3O4/c1-3-15-18(20(25)27-4-2)16(24-21(26)23-15)13-22-19(17-11-8-12-28-17)14-9-6-5-7-10-14/h5-12,15,19,22H,3-4,13H2,1-2H3,(H2,23,24,26)/p+1/t15-,19-/m0/s1. The third kappa shape index (κ3) is 4.43. The van der Waals surface area contributed by atoms with Gasteiger partial charge < -0.3 is 25.1 Å². The minimum absolute atomic E-state index is 0.0981. The highest BCUT2D eigenvalue weighted by Crippen LogP contribution is 2.20. The van der Waals surface area contributed by atoms with Crippen LogP contribution in [0, 0.1) is 0 Å². The van der Waals surface area contributed by atoms with E-state index in [1.165, 1.54) is 0 Å². The number of esters is 1. The number of carbonyl (C=O) groups is 2. The summed E-state index contributed by atoms with van der Waals surface area (Å²) in [6.07, 6.45) is 2.24. The van der Waals surface area contributed by atoms with Gasteiger partial charge in [-0.3, -0.25) is 0 Å². The van der Waals surface area contributed by atoms with E-state index < -0.39 is 5.97 Å². The van der Waals surface area contributed by atoms with Crippen molar-refractivity contribution in [3.05, 3.63) is 71.3 Å². The van der Waals surface area contributed by atoms with Crippen molar-refractivity contribution in [2.75, 3.05) is 13.2 Å². The molecule has 2 aromatic rings. The fourth-order valence-corrected chi connectivity index (χ4v) is 3.40. The molecule has 0 fully saturated rings. The van der Waals surface area contributed by atoms with Gasteiger partial charge in [0.2, 0.25) is 0 Å². The Bertz CT molecular complexity index is 831. The Labute approximate surface area is 164 Å². The van der Waals surface area contributed by atoms with Crippen molar-refractivity contribution in [3.63, 3.8) is 0 Å². The largest absolute Gasteiger partial charge is 0.463 e. The van der Waals surface area contributed by atoms with Crippen LogP contribution in [-0.4, -0.2) is 31.2 Å². The molecule has 1 aromatic heterocycles. The zero-order valence-electron chi connectivity index (χ0n) is 16.1. The molecule has 0 saturated heterocycles. The topological polar surface area (TPSA) is 97.2 Å². The summed E-state index contributed by atoms with van der Waals surface area (Å²) in [5, 5.41) is 7.62. The van der Waals surface area contributed by atoms with E-state index in [4.69, 9.17) is 9.15 Å². The lowest BCUT2D eigenvalue weighted by molar-refractivity contribution is -0.682. The fourth-order valence-electron chi connectivity index (χ4n) is 3.40. The molecule has 1 aromatic carbocycles. The van der Waals surface area contributed by atoms with Gasteiger partial charge in [0.25, 0.3) is 0 Å². The predicted octanol–water partition coefficient (Wildman–Crippen LogP) is 1.84. The van der Waals surface area contributed by atoms with Crippen molar-refractivity contribution in [1.29, 1.82) is 0 Å². The van der Waals surface area contributed by atoms with Gasteiger partial charge in [0.15, 0.2) is 11.8 Å². The average Bonchev–Trinajstić information content (AvgIpc) is 3.23. The molecule has 2 heterocycles. The molecule has 0 radical (unpaired) electrons. The van der Waals surface area contributed by atoms with E-state index in [-0.39, 0.29) is 24.7 Å². The number of nitrogens with two attached hydrogens (primary N) is 1. The number of carbonyl (C=O) groups excluding carboxylic acids is 2. The molecule has 0 spiro atoms. The average molecular weight is 384 g/mol. The van der Waals surface area contributed by atoms with Crippen LogP contribution >= 0.6 is 0 Å². The Hall–Kier alpha value is -3.06. The summed E-state index contributed by atoms with van der Waals surface area (Å²) in [6.45, 7) is 4.37. The normalized spacial score (nSPS) is 17.6. The van der Waals surface area contributed by atoms with Crippen LogP contribution in [0.1, 0.15) is 37.6 Å². The molecule has 28 heavy (non-hydrogen) atoms. The predicted molar refractivity (Wildman–Crippen MR) is 103 cm³/mol. The van der Waals surface area contributed by atoms with Gasteiger partial charge in [-0.15, -0.1) is 0 Å². The van der Waals surface area contributed by atoms with Crippen LogP contribution in [0.5, 0.6) is 0 Å². The Morgan fingerprint density at radius 3 is 2.64 bits per heavy atom. The van der Waals surface area contributed by atoms with Crippen molar-refractivity contribution >= 4 is 12.0 Å². The van der Waals surface area contributed by atoms with Crippen LogP contribution in [0.15, 0.2) is 64.4 Å². The first-order valence-electron chi connectivity index (χ1n) is 9.53. The van der Waals surface area contributed by atoms with Gasteiger partial charge in [-0.2, -0.15) is 0 Å². The van der Waals surface area contributed by atoms with Crippen molar-refractivity contribution < 1.29 is 24.1 Å². The second-order valence-electron chi connectivity index (χ2n) is 6.52. The molecule has 1 aliphatic rings. The Balaban J connectivity index is 1.89. The molecule has 4 N–H and O–H groups in total. The molecule has 148 valence electrons. The highest BCUT2D eigenvalue weighted by atomic mass is 16.5.